The van der Waals surface area contributed by atoms with Crippen LogP contribution in [-0.2, 0) is 6.54 Å². The Morgan fingerprint density at radius 3 is 2.56 bits per heavy atom. The van der Waals surface area contributed by atoms with Gasteiger partial charge in [-0.2, -0.15) is 16.9 Å². The molecule has 1 N–H and O–H groups in total. The number of hydrogen-bond acceptors (Lipinski definition) is 6. The minimum absolute atomic E-state index is 0.714. The van der Waals surface area contributed by atoms with Crippen molar-refractivity contribution in [1.82, 2.24) is 19.7 Å². The molecule has 0 unspecified atom stereocenters. The number of aryl methyl sites for hydroxylation is 2. The molecule has 0 radical (unpaired) electrons. The van der Waals surface area contributed by atoms with E-state index >= 15 is 0 Å². The molecule has 0 spiro atoms. The first kappa shape index (κ1) is 17.9. The van der Waals surface area contributed by atoms with Crippen molar-refractivity contribution in [2.24, 2.45) is 0 Å². The Bertz CT molecular complexity index is 899. The molecule has 1 aliphatic heterocycles. The van der Waals surface area contributed by atoms with Crippen molar-refractivity contribution in [1.29, 1.82) is 0 Å². The van der Waals surface area contributed by atoms with Gasteiger partial charge in [-0.3, -0.25) is 4.98 Å². The monoisotopic (exact) mass is 380 g/mol. The van der Waals surface area contributed by atoms with Crippen molar-refractivity contribution in [3.63, 3.8) is 0 Å². The van der Waals surface area contributed by atoms with Crippen molar-refractivity contribution in [2.75, 3.05) is 34.8 Å². The average Bonchev–Trinajstić information content (AvgIpc) is 3.06. The van der Waals surface area contributed by atoms with Crippen molar-refractivity contribution in [2.45, 2.75) is 20.4 Å². The van der Waals surface area contributed by atoms with Gasteiger partial charge in [-0.25, -0.2) is 9.67 Å². The van der Waals surface area contributed by atoms with E-state index in [-0.39, 0.29) is 0 Å². The van der Waals surface area contributed by atoms with Gasteiger partial charge in [0.05, 0.1) is 18.1 Å². The first-order valence-electron chi connectivity index (χ1n) is 9.20. The topological polar surface area (TPSA) is 58.9 Å². The van der Waals surface area contributed by atoms with E-state index in [2.05, 4.69) is 49.5 Å². The zero-order valence-electron chi connectivity index (χ0n) is 15.7. The molecule has 0 atom stereocenters. The van der Waals surface area contributed by atoms with Gasteiger partial charge in [-0.15, -0.1) is 0 Å². The summed E-state index contributed by atoms with van der Waals surface area (Å²) in [7, 11) is 0. The number of aromatic nitrogens is 4. The SMILES string of the molecule is Cc1cc(C)n(-c2cncc(NCc3ccc(N4CCSCC4)cc3)n2)n1. The van der Waals surface area contributed by atoms with Crippen LogP contribution in [0, 0.1) is 13.8 Å². The van der Waals surface area contributed by atoms with Crippen LogP contribution >= 0.6 is 11.8 Å². The van der Waals surface area contributed by atoms with Gasteiger partial charge in [0.1, 0.15) is 5.82 Å². The number of benzene rings is 1. The fourth-order valence-electron chi connectivity index (χ4n) is 3.24. The van der Waals surface area contributed by atoms with E-state index in [4.69, 9.17) is 0 Å². The Kier molecular flexibility index (Phi) is 5.29. The van der Waals surface area contributed by atoms with Crippen LogP contribution in [0.25, 0.3) is 5.82 Å². The van der Waals surface area contributed by atoms with Gasteiger partial charge >= 0.3 is 0 Å². The summed E-state index contributed by atoms with van der Waals surface area (Å²) in [6, 6.07) is 10.8. The summed E-state index contributed by atoms with van der Waals surface area (Å²) in [5.41, 5.74) is 4.56. The minimum Gasteiger partial charge on any atom is -0.370 e. The lowest BCUT2D eigenvalue weighted by Crippen LogP contribution is -2.32. The van der Waals surface area contributed by atoms with Gasteiger partial charge in [-0.05, 0) is 37.6 Å². The lowest BCUT2D eigenvalue weighted by Gasteiger charge is -2.28. The quantitative estimate of drug-likeness (QED) is 0.732. The van der Waals surface area contributed by atoms with Gasteiger partial charge < -0.3 is 10.2 Å². The Morgan fingerprint density at radius 1 is 1.07 bits per heavy atom. The second-order valence-corrected chi connectivity index (χ2v) is 7.95. The molecule has 3 aromatic rings. The molecule has 0 saturated carbocycles. The highest BCUT2D eigenvalue weighted by atomic mass is 32.2. The van der Waals surface area contributed by atoms with Crippen molar-refractivity contribution in [3.8, 4) is 5.82 Å². The molecule has 4 rings (SSSR count). The molecule has 2 aromatic heterocycles. The van der Waals surface area contributed by atoms with Crippen LogP contribution in [-0.4, -0.2) is 44.3 Å². The third kappa shape index (κ3) is 4.24. The van der Waals surface area contributed by atoms with Gasteiger partial charge in [0.15, 0.2) is 5.82 Å². The number of rotatable bonds is 5. The standard InChI is InChI=1S/C20H24N6S/c1-15-11-16(2)26(24-15)20-14-21-13-19(23-20)22-12-17-3-5-18(6-4-17)25-7-9-27-10-8-25/h3-6,11,13-14H,7-10,12H2,1-2H3,(H,22,23). The summed E-state index contributed by atoms with van der Waals surface area (Å²) in [6.45, 7) is 6.98. The molecular weight excluding hydrogens is 356 g/mol. The molecule has 0 bridgehead atoms. The summed E-state index contributed by atoms with van der Waals surface area (Å²) in [4.78, 5) is 11.4. The van der Waals surface area contributed by atoms with Crippen LogP contribution in [0.3, 0.4) is 0 Å². The zero-order valence-corrected chi connectivity index (χ0v) is 16.5. The number of anilines is 2. The first-order valence-corrected chi connectivity index (χ1v) is 10.4. The van der Waals surface area contributed by atoms with E-state index in [9.17, 15) is 0 Å². The molecule has 27 heavy (non-hydrogen) atoms. The maximum atomic E-state index is 4.64. The van der Waals surface area contributed by atoms with Gasteiger partial charge in [0.2, 0.25) is 0 Å². The number of hydrogen-bond donors (Lipinski definition) is 1. The van der Waals surface area contributed by atoms with E-state index in [1.54, 1.807) is 12.4 Å². The smallest absolute Gasteiger partial charge is 0.174 e. The molecule has 0 aliphatic carbocycles. The highest BCUT2D eigenvalue weighted by molar-refractivity contribution is 7.99. The molecule has 0 amide bonds. The molecule has 3 heterocycles. The first-order chi connectivity index (χ1) is 13.2. The third-order valence-electron chi connectivity index (χ3n) is 4.63. The van der Waals surface area contributed by atoms with Crippen LogP contribution in [0.2, 0.25) is 0 Å². The predicted octanol–water partition coefficient (Wildman–Crippen LogP) is 3.44. The highest BCUT2D eigenvalue weighted by Gasteiger charge is 2.11. The maximum Gasteiger partial charge on any atom is 0.174 e. The molecule has 1 aliphatic rings. The normalized spacial score (nSPS) is 14.4. The van der Waals surface area contributed by atoms with Gasteiger partial charge in [0, 0.05) is 42.5 Å². The van der Waals surface area contributed by atoms with Crippen molar-refractivity contribution >= 4 is 23.3 Å². The number of thioether (sulfide) groups is 1. The fourth-order valence-corrected chi connectivity index (χ4v) is 4.15. The van der Waals surface area contributed by atoms with Crippen LogP contribution in [0.15, 0.2) is 42.7 Å². The molecule has 140 valence electrons. The largest absolute Gasteiger partial charge is 0.370 e. The number of nitrogens with one attached hydrogen (secondary N) is 1. The summed E-state index contributed by atoms with van der Waals surface area (Å²) < 4.78 is 1.82. The Morgan fingerprint density at radius 2 is 1.85 bits per heavy atom. The Hall–Kier alpha value is -2.54. The van der Waals surface area contributed by atoms with E-state index < -0.39 is 0 Å². The number of nitrogens with zero attached hydrogens (tertiary/aromatic N) is 5. The van der Waals surface area contributed by atoms with Crippen LogP contribution in [0.1, 0.15) is 17.0 Å². The minimum atomic E-state index is 0.714. The predicted molar refractivity (Wildman–Crippen MR) is 112 cm³/mol. The Labute approximate surface area is 164 Å². The van der Waals surface area contributed by atoms with Crippen LogP contribution in [0.5, 0.6) is 0 Å². The summed E-state index contributed by atoms with van der Waals surface area (Å²) >= 11 is 2.03. The fraction of sp³-hybridized carbons (Fsp3) is 0.350. The molecule has 1 saturated heterocycles. The second kappa shape index (κ2) is 8.00. The molecule has 1 fully saturated rings. The summed E-state index contributed by atoms with van der Waals surface area (Å²) in [5, 5.41) is 7.84. The molecule has 6 nitrogen and oxygen atoms in total. The van der Waals surface area contributed by atoms with Crippen LogP contribution < -0.4 is 10.2 Å². The van der Waals surface area contributed by atoms with Gasteiger partial charge in [0.25, 0.3) is 0 Å². The van der Waals surface area contributed by atoms with Crippen molar-refractivity contribution < 1.29 is 0 Å². The second-order valence-electron chi connectivity index (χ2n) is 6.72. The summed E-state index contributed by atoms with van der Waals surface area (Å²) in [6.07, 6.45) is 3.48. The van der Waals surface area contributed by atoms with E-state index in [0.717, 1.165) is 36.1 Å². The maximum absolute atomic E-state index is 4.64. The van der Waals surface area contributed by atoms with Crippen molar-refractivity contribution in [3.05, 3.63) is 59.7 Å². The lowest BCUT2D eigenvalue weighted by molar-refractivity contribution is 0.799. The zero-order chi connectivity index (χ0) is 18.6. The van der Waals surface area contributed by atoms with Gasteiger partial charge in [-0.1, -0.05) is 12.1 Å². The van der Waals surface area contributed by atoms with E-state index in [0.29, 0.717) is 6.54 Å². The Balaban J connectivity index is 1.41. The van der Waals surface area contributed by atoms with Crippen LogP contribution in [0.4, 0.5) is 11.5 Å². The molecular formula is C20H24N6S. The highest BCUT2D eigenvalue weighted by Crippen LogP contribution is 2.20. The van der Waals surface area contributed by atoms with E-state index in [1.165, 1.54) is 22.8 Å². The molecule has 1 aromatic carbocycles. The third-order valence-corrected chi connectivity index (χ3v) is 5.58. The summed E-state index contributed by atoms with van der Waals surface area (Å²) in [5.74, 6) is 3.90. The molecule has 7 heteroatoms. The average molecular weight is 381 g/mol. The van der Waals surface area contributed by atoms with E-state index in [1.807, 2.05) is 36.4 Å². The lowest BCUT2D eigenvalue weighted by atomic mass is 10.2.